The number of halogens is 2. The number of carbonyl (C=O) groups excluding carboxylic acids is 1. The molecule has 2 aliphatic heterocycles. The number of rotatable bonds is 2. The number of nitrogens with zero attached hydrogens (tertiary/aromatic N) is 4. The lowest BCUT2D eigenvalue weighted by Gasteiger charge is -2.20. The fourth-order valence-electron chi connectivity index (χ4n) is 3.95. The van der Waals surface area contributed by atoms with Gasteiger partial charge >= 0.3 is 0 Å². The summed E-state index contributed by atoms with van der Waals surface area (Å²) in [5, 5.41) is 12.4. The molecule has 1 amide bonds. The molecule has 6 nitrogen and oxygen atoms in total. The summed E-state index contributed by atoms with van der Waals surface area (Å²) in [6.45, 7) is 5.61. The summed E-state index contributed by atoms with van der Waals surface area (Å²) in [7, 11) is 0. The molecule has 1 N–H and O–H groups in total. The predicted molar refractivity (Wildman–Crippen MR) is 103 cm³/mol. The van der Waals surface area contributed by atoms with Crippen LogP contribution in [0.15, 0.2) is 24.3 Å². The fourth-order valence-corrected chi connectivity index (χ4v) is 4.17. The van der Waals surface area contributed by atoms with Crippen LogP contribution in [0.3, 0.4) is 0 Å². The molecule has 2 saturated heterocycles. The number of hydrogen-bond acceptors (Lipinski definition) is 4. The first-order valence-electron chi connectivity index (χ1n) is 8.82. The molecule has 3 heterocycles. The van der Waals surface area contributed by atoms with E-state index in [1.54, 1.807) is 10.7 Å². The van der Waals surface area contributed by atoms with Gasteiger partial charge in [-0.2, -0.15) is 0 Å². The lowest BCUT2D eigenvalue weighted by atomic mass is 9.92. The molecule has 1 aromatic carbocycles. The SMILES string of the molecule is Cc1c(C(=O)N2CC[C@@H]3CNC[C@@H]3CC2)nnn1-c1ccccc1Cl.Cl. The molecule has 0 bridgehead atoms. The number of para-hydroxylation sites is 1. The number of benzene rings is 1. The Morgan fingerprint density at radius 3 is 2.50 bits per heavy atom. The third-order valence-corrected chi connectivity index (χ3v) is 5.80. The second-order valence-electron chi connectivity index (χ2n) is 6.93. The first-order valence-corrected chi connectivity index (χ1v) is 9.20. The molecule has 4 rings (SSSR count). The Labute approximate surface area is 164 Å². The number of nitrogens with one attached hydrogen (secondary N) is 1. The van der Waals surface area contributed by atoms with Crippen LogP contribution in [0, 0.1) is 18.8 Å². The molecule has 2 atom stereocenters. The van der Waals surface area contributed by atoms with Gasteiger partial charge < -0.3 is 10.2 Å². The van der Waals surface area contributed by atoms with Gasteiger partial charge in [-0.15, -0.1) is 17.5 Å². The van der Waals surface area contributed by atoms with Gasteiger partial charge in [0.25, 0.3) is 5.91 Å². The Hall–Kier alpha value is -1.63. The zero-order chi connectivity index (χ0) is 17.4. The smallest absolute Gasteiger partial charge is 0.276 e. The highest BCUT2D eigenvalue weighted by atomic mass is 35.5. The van der Waals surface area contributed by atoms with E-state index in [4.69, 9.17) is 11.6 Å². The highest BCUT2D eigenvalue weighted by Crippen LogP contribution is 2.28. The predicted octanol–water partition coefficient (Wildman–Crippen LogP) is 2.72. The van der Waals surface area contributed by atoms with Crippen LogP contribution in [0.2, 0.25) is 5.02 Å². The molecule has 0 unspecified atom stereocenters. The van der Waals surface area contributed by atoms with Crippen molar-refractivity contribution in [2.75, 3.05) is 26.2 Å². The van der Waals surface area contributed by atoms with E-state index >= 15 is 0 Å². The van der Waals surface area contributed by atoms with Crippen molar-refractivity contribution in [3.63, 3.8) is 0 Å². The van der Waals surface area contributed by atoms with Gasteiger partial charge in [-0.1, -0.05) is 28.9 Å². The second kappa shape index (κ2) is 7.94. The number of fused-ring (bicyclic) bond motifs is 1. The quantitative estimate of drug-likeness (QED) is 0.848. The van der Waals surface area contributed by atoms with Crippen molar-refractivity contribution in [3.05, 3.63) is 40.7 Å². The Kier molecular flexibility index (Phi) is 5.85. The molecule has 2 aliphatic rings. The molecular formula is C18H23Cl2N5O. The van der Waals surface area contributed by atoms with Crippen molar-refractivity contribution in [2.45, 2.75) is 19.8 Å². The summed E-state index contributed by atoms with van der Waals surface area (Å²) in [5.41, 5.74) is 1.89. The maximum Gasteiger partial charge on any atom is 0.276 e. The topological polar surface area (TPSA) is 63.1 Å². The number of hydrogen-bond donors (Lipinski definition) is 1. The second-order valence-corrected chi connectivity index (χ2v) is 7.34. The number of carbonyl (C=O) groups is 1. The summed E-state index contributed by atoms with van der Waals surface area (Å²) < 4.78 is 1.64. The van der Waals surface area contributed by atoms with Gasteiger partial charge in [0.05, 0.1) is 16.4 Å². The van der Waals surface area contributed by atoms with Gasteiger partial charge in [0.1, 0.15) is 0 Å². The van der Waals surface area contributed by atoms with E-state index in [2.05, 4.69) is 15.6 Å². The fraction of sp³-hybridized carbons (Fsp3) is 0.500. The maximum atomic E-state index is 13.0. The largest absolute Gasteiger partial charge is 0.337 e. The zero-order valence-corrected chi connectivity index (χ0v) is 16.3. The van der Waals surface area contributed by atoms with Gasteiger partial charge in [0, 0.05) is 13.1 Å². The van der Waals surface area contributed by atoms with E-state index in [0.29, 0.717) is 22.6 Å². The molecule has 2 fully saturated rings. The van der Waals surface area contributed by atoms with E-state index in [1.807, 2.05) is 30.0 Å². The van der Waals surface area contributed by atoms with Gasteiger partial charge in [-0.3, -0.25) is 4.79 Å². The van der Waals surface area contributed by atoms with Crippen LogP contribution >= 0.6 is 24.0 Å². The van der Waals surface area contributed by atoms with Gasteiger partial charge in [-0.25, -0.2) is 4.68 Å². The first kappa shape index (κ1) is 19.1. The van der Waals surface area contributed by atoms with E-state index in [0.717, 1.165) is 50.4 Å². The first-order chi connectivity index (χ1) is 12.1. The van der Waals surface area contributed by atoms with Crippen molar-refractivity contribution in [3.8, 4) is 5.69 Å². The molecule has 0 aliphatic carbocycles. The minimum atomic E-state index is -0.0243. The van der Waals surface area contributed by atoms with Crippen LogP contribution < -0.4 is 5.32 Å². The molecule has 0 radical (unpaired) electrons. The minimum absolute atomic E-state index is 0. The number of amides is 1. The summed E-state index contributed by atoms with van der Waals surface area (Å²) in [6.07, 6.45) is 2.11. The van der Waals surface area contributed by atoms with Crippen LogP contribution in [0.25, 0.3) is 5.69 Å². The normalized spacial score (nSPS) is 22.5. The molecule has 140 valence electrons. The Morgan fingerprint density at radius 1 is 1.19 bits per heavy atom. The van der Waals surface area contributed by atoms with Crippen molar-refractivity contribution in [2.24, 2.45) is 11.8 Å². The molecule has 1 aromatic heterocycles. The third-order valence-electron chi connectivity index (χ3n) is 5.48. The zero-order valence-electron chi connectivity index (χ0n) is 14.7. The highest BCUT2D eigenvalue weighted by Gasteiger charge is 2.33. The molecule has 26 heavy (non-hydrogen) atoms. The van der Waals surface area contributed by atoms with Crippen LogP contribution in [-0.2, 0) is 0 Å². The lowest BCUT2D eigenvalue weighted by Crippen LogP contribution is -2.33. The minimum Gasteiger partial charge on any atom is -0.337 e. The van der Waals surface area contributed by atoms with Crippen LogP contribution in [0.4, 0.5) is 0 Å². The van der Waals surface area contributed by atoms with E-state index in [-0.39, 0.29) is 18.3 Å². The van der Waals surface area contributed by atoms with Crippen molar-refractivity contribution < 1.29 is 4.79 Å². The van der Waals surface area contributed by atoms with E-state index < -0.39 is 0 Å². The van der Waals surface area contributed by atoms with Gasteiger partial charge in [0.15, 0.2) is 5.69 Å². The molecular weight excluding hydrogens is 373 g/mol. The van der Waals surface area contributed by atoms with Crippen LogP contribution in [0.5, 0.6) is 0 Å². The van der Waals surface area contributed by atoms with Crippen molar-refractivity contribution in [1.29, 1.82) is 0 Å². The standard InChI is InChI=1S/C18H22ClN5O.ClH/c1-12-17(21-22-24(12)16-5-3-2-4-15(16)19)18(25)23-8-6-13-10-20-11-14(13)7-9-23;/h2-5,13-14,20H,6-11H2,1H3;1H/t13-,14+;. The van der Waals surface area contributed by atoms with Crippen LogP contribution in [0.1, 0.15) is 29.0 Å². The summed E-state index contributed by atoms with van der Waals surface area (Å²) >= 11 is 6.25. The average molecular weight is 396 g/mol. The van der Waals surface area contributed by atoms with Crippen molar-refractivity contribution >= 4 is 29.9 Å². The lowest BCUT2D eigenvalue weighted by molar-refractivity contribution is 0.0751. The Morgan fingerprint density at radius 2 is 1.85 bits per heavy atom. The Bertz CT molecular complexity index is 780. The number of likely N-dealkylation sites (tertiary alicyclic amines) is 1. The molecule has 0 saturated carbocycles. The maximum absolute atomic E-state index is 13.0. The number of aromatic nitrogens is 3. The third kappa shape index (κ3) is 3.46. The van der Waals surface area contributed by atoms with Gasteiger partial charge in [-0.05, 0) is 56.8 Å². The van der Waals surface area contributed by atoms with Gasteiger partial charge in [0.2, 0.25) is 0 Å². The average Bonchev–Trinajstić information content (AvgIpc) is 3.16. The van der Waals surface area contributed by atoms with Crippen molar-refractivity contribution in [1.82, 2.24) is 25.2 Å². The van der Waals surface area contributed by atoms with E-state index in [9.17, 15) is 4.79 Å². The monoisotopic (exact) mass is 395 g/mol. The summed E-state index contributed by atoms with van der Waals surface area (Å²) in [5.74, 6) is 1.36. The summed E-state index contributed by atoms with van der Waals surface area (Å²) in [4.78, 5) is 14.9. The summed E-state index contributed by atoms with van der Waals surface area (Å²) in [6, 6.07) is 7.44. The van der Waals surface area contributed by atoms with E-state index in [1.165, 1.54) is 0 Å². The highest BCUT2D eigenvalue weighted by molar-refractivity contribution is 6.32. The molecule has 2 aromatic rings. The molecule has 0 spiro atoms. The molecule has 8 heteroatoms. The Balaban J connectivity index is 0.00000196. The van der Waals surface area contributed by atoms with Crippen LogP contribution in [-0.4, -0.2) is 52.0 Å².